The Balaban J connectivity index is 0.00000729. The zero-order valence-corrected chi connectivity index (χ0v) is 20.3. The van der Waals surface area contributed by atoms with Gasteiger partial charge in [-0.3, -0.25) is 4.99 Å². The number of benzene rings is 1. The topological polar surface area (TPSA) is 73.3 Å². The van der Waals surface area contributed by atoms with Crippen LogP contribution in [0, 0.1) is 5.92 Å². The van der Waals surface area contributed by atoms with E-state index >= 15 is 0 Å². The predicted molar refractivity (Wildman–Crippen MR) is 125 cm³/mol. The second-order valence-electron chi connectivity index (χ2n) is 6.49. The summed E-state index contributed by atoms with van der Waals surface area (Å²) in [7, 11) is 6.62. The number of aliphatic imine (C=N–C) groups is 1. The summed E-state index contributed by atoms with van der Waals surface area (Å²) >= 11 is 0. The Morgan fingerprint density at radius 2 is 1.68 bits per heavy atom. The minimum atomic E-state index is 0. The zero-order valence-electron chi connectivity index (χ0n) is 18.0. The summed E-state index contributed by atoms with van der Waals surface area (Å²) in [5.41, 5.74) is 1.04. The van der Waals surface area contributed by atoms with E-state index in [1.54, 1.807) is 28.4 Å². The highest BCUT2D eigenvalue weighted by molar-refractivity contribution is 14.0. The number of nitrogens with one attached hydrogen (secondary N) is 2. The molecule has 0 aliphatic rings. The van der Waals surface area contributed by atoms with Crippen LogP contribution in [0.1, 0.15) is 25.8 Å². The molecule has 0 bridgehead atoms. The number of methoxy groups -OCH3 is 3. The van der Waals surface area contributed by atoms with Crippen molar-refractivity contribution >= 4 is 29.9 Å². The Morgan fingerprint density at radius 1 is 1.00 bits per heavy atom. The fourth-order valence-corrected chi connectivity index (χ4v) is 2.60. The maximum Gasteiger partial charge on any atom is 0.203 e. The van der Waals surface area contributed by atoms with Crippen LogP contribution in [0.3, 0.4) is 0 Å². The van der Waals surface area contributed by atoms with Crippen LogP contribution in [0.5, 0.6) is 17.2 Å². The third-order valence-corrected chi connectivity index (χ3v) is 3.91. The zero-order chi connectivity index (χ0) is 20.1. The molecule has 0 unspecified atom stereocenters. The fourth-order valence-electron chi connectivity index (χ4n) is 2.60. The predicted octanol–water partition coefficient (Wildman–Crippen LogP) is 3.10. The van der Waals surface area contributed by atoms with Crippen molar-refractivity contribution in [3.63, 3.8) is 0 Å². The van der Waals surface area contributed by atoms with Crippen LogP contribution in [0.25, 0.3) is 0 Å². The number of hydrogen-bond donors (Lipinski definition) is 2. The first-order chi connectivity index (χ1) is 13.1. The molecule has 0 saturated heterocycles. The molecule has 7 nitrogen and oxygen atoms in total. The van der Waals surface area contributed by atoms with Crippen LogP contribution in [0.15, 0.2) is 17.1 Å². The van der Waals surface area contributed by atoms with E-state index in [2.05, 4.69) is 29.5 Å². The molecule has 0 aromatic heterocycles. The SMILES string of the molecule is CN=C(NCCCOCC(C)C)NCCc1ccc(OC)c(OC)c1OC.I. The molecule has 1 rings (SSSR count). The van der Waals surface area contributed by atoms with Crippen molar-refractivity contribution in [2.75, 3.05) is 54.7 Å². The lowest BCUT2D eigenvalue weighted by Crippen LogP contribution is -2.39. The average Bonchev–Trinajstić information content (AvgIpc) is 2.67. The molecule has 0 amide bonds. The number of nitrogens with zero attached hydrogens (tertiary/aromatic N) is 1. The van der Waals surface area contributed by atoms with Crippen molar-refractivity contribution < 1.29 is 18.9 Å². The summed E-state index contributed by atoms with van der Waals surface area (Å²) < 4.78 is 21.8. The van der Waals surface area contributed by atoms with E-state index < -0.39 is 0 Å². The van der Waals surface area contributed by atoms with Crippen molar-refractivity contribution in [3.8, 4) is 17.2 Å². The molecule has 0 radical (unpaired) electrons. The van der Waals surface area contributed by atoms with Gasteiger partial charge in [0.2, 0.25) is 5.75 Å². The van der Waals surface area contributed by atoms with E-state index in [0.717, 1.165) is 50.7 Å². The fraction of sp³-hybridized carbons (Fsp3) is 0.650. The number of ether oxygens (including phenoxy) is 4. The molecule has 0 atom stereocenters. The Morgan fingerprint density at radius 3 is 2.25 bits per heavy atom. The molecule has 1 aromatic carbocycles. The quantitative estimate of drug-likeness (QED) is 0.195. The van der Waals surface area contributed by atoms with Gasteiger partial charge in [-0.25, -0.2) is 0 Å². The maximum absolute atomic E-state index is 5.58. The van der Waals surface area contributed by atoms with E-state index in [1.807, 2.05) is 12.1 Å². The van der Waals surface area contributed by atoms with Crippen molar-refractivity contribution in [2.24, 2.45) is 10.9 Å². The molecule has 0 aliphatic heterocycles. The summed E-state index contributed by atoms with van der Waals surface area (Å²) in [6.45, 7) is 7.40. The summed E-state index contributed by atoms with van der Waals surface area (Å²) in [6.07, 6.45) is 1.71. The van der Waals surface area contributed by atoms with Gasteiger partial charge in [-0.15, -0.1) is 24.0 Å². The van der Waals surface area contributed by atoms with Gasteiger partial charge in [-0.05, 0) is 24.8 Å². The molecule has 28 heavy (non-hydrogen) atoms. The minimum absolute atomic E-state index is 0. The molecule has 1 aromatic rings. The van der Waals surface area contributed by atoms with E-state index in [1.165, 1.54) is 0 Å². The normalized spacial score (nSPS) is 11.0. The third-order valence-electron chi connectivity index (χ3n) is 3.91. The first-order valence-electron chi connectivity index (χ1n) is 9.37. The Bertz CT molecular complexity index is 583. The van der Waals surface area contributed by atoms with Crippen LogP contribution in [-0.2, 0) is 11.2 Å². The number of hydrogen-bond acceptors (Lipinski definition) is 5. The molecule has 0 saturated carbocycles. The summed E-state index contributed by atoms with van der Waals surface area (Å²) in [6, 6.07) is 3.88. The first kappa shape index (κ1) is 26.6. The summed E-state index contributed by atoms with van der Waals surface area (Å²) in [4.78, 5) is 4.25. The lowest BCUT2D eigenvalue weighted by atomic mass is 10.1. The van der Waals surface area contributed by atoms with Gasteiger partial charge in [0.25, 0.3) is 0 Å². The molecule has 8 heteroatoms. The van der Waals surface area contributed by atoms with Crippen molar-refractivity contribution in [3.05, 3.63) is 17.7 Å². The van der Waals surface area contributed by atoms with E-state index in [4.69, 9.17) is 18.9 Å². The number of guanidine groups is 1. The minimum Gasteiger partial charge on any atom is -0.493 e. The highest BCUT2D eigenvalue weighted by Crippen LogP contribution is 2.39. The van der Waals surface area contributed by atoms with E-state index in [0.29, 0.717) is 23.2 Å². The van der Waals surface area contributed by atoms with Crippen LogP contribution in [0.2, 0.25) is 0 Å². The molecular formula is C20H36IN3O4. The van der Waals surface area contributed by atoms with Gasteiger partial charge in [-0.1, -0.05) is 19.9 Å². The van der Waals surface area contributed by atoms with Crippen LogP contribution in [-0.4, -0.2) is 60.6 Å². The van der Waals surface area contributed by atoms with E-state index in [9.17, 15) is 0 Å². The summed E-state index contributed by atoms with van der Waals surface area (Å²) in [5.74, 6) is 3.31. The summed E-state index contributed by atoms with van der Waals surface area (Å²) in [5, 5.41) is 6.61. The average molecular weight is 509 g/mol. The molecule has 162 valence electrons. The smallest absolute Gasteiger partial charge is 0.203 e. The van der Waals surface area contributed by atoms with Crippen molar-refractivity contribution in [2.45, 2.75) is 26.7 Å². The molecule has 2 N–H and O–H groups in total. The maximum atomic E-state index is 5.58. The first-order valence-corrected chi connectivity index (χ1v) is 9.37. The van der Waals surface area contributed by atoms with Gasteiger partial charge >= 0.3 is 0 Å². The number of rotatable bonds is 12. The van der Waals surface area contributed by atoms with Gasteiger partial charge in [0.05, 0.1) is 21.3 Å². The van der Waals surface area contributed by atoms with Crippen molar-refractivity contribution in [1.29, 1.82) is 0 Å². The highest BCUT2D eigenvalue weighted by Gasteiger charge is 2.15. The standard InChI is InChI=1S/C20H35N3O4.HI/c1-15(2)14-27-13-7-11-22-20(21-3)23-12-10-16-8-9-17(24-4)19(26-6)18(16)25-5;/h8-9,15H,7,10-14H2,1-6H3,(H2,21,22,23);1H. The molecular weight excluding hydrogens is 473 g/mol. The van der Waals surface area contributed by atoms with Crippen LogP contribution >= 0.6 is 24.0 Å². The van der Waals surface area contributed by atoms with E-state index in [-0.39, 0.29) is 24.0 Å². The molecule has 0 fully saturated rings. The molecule has 0 heterocycles. The third kappa shape index (κ3) is 9.18. The number of halogens is 1. The second kappa shape index (κ2) is 15.5. The monoisotopic (exact) mass is 509 g/mol. The van der Waals surface area contributed by atoms with Gasteiger partial charge in [0.15, 0.2) is 17.5 Å². The van der Waals surface area contributed by atoms with Crippen molar-refractivity contribution in [1.82, 2.24) is 10.6 Å². The Hall–Kier alpha value is -1.42. The lowest BCUT2D eigenvalue weighted by Gasteiger charge is -2.16. The van der Waals surface area contributed by atoms with Gasteiger partial charge in [0.1, 0.15) is 0 Å². The van der Waals surface area contributed by atoms with Gasteiger partial charge in [0, 0.05) is 38.9 Å². The van der Waals surface area contributed by atoms with Crippen LogP contribution in [0.4, 0.5) is 0 Å². The highest BCUT2D eigenvalue weighted by atomic mass is 127. The van der Waals surface area contributed by atoms with Gasteiger partial charge < -0.3 is 29.6 Å². The molecule has 0 spiro atoms. The Labute approximate surface area is 186 Å². The lowest BCUT2D eigenvalue weighted by molar-refractivity contribution is 0.108. The van der Waals surface area contributed by atoms with Gasteiger partial charge in [-0.2, -0.15) is 0 Å². The largest absolute Gasteiger partial charge is 0.493 e. The Kier molecular flexibility index (Phi) is 14.7. The second-order valence-corrected chi connectivity index (χ2v) is 6.49. The van der Waals surface area contributed by atoms with Crippen LogP contribution < -0.4 is 24.8 Å². The molecule has 0 aliphatic carbocycles.